The van der Waals surface area contributed by atoms with Gasteiger partial charge in [0.1, 0.15) is 5.75 Å². The third-order valence-electron chi connectivity index (χ3n) is 5.33. The first-order valence-electron chi connectivity index (χ1n) is 10.3. The number of hydrazone groups is 1. The van der Waals surface area contributed by atoms with Crippen molar-refractivity contribution in [3.05, 3.63) is 65.7 Å². The zero-order valence-electron chi connectivity index (χ0n) is 17.1. The molecule has 0 saturated carbocycles. The SMILES string of the molecule is CC1=NN(c2ccccc2)C(=O)/C1=C/c1ccc(OCC(=O)N2CCCCC2)cc1. The van der Waals surface area contributed by atoms with Crippen LogP contribution in [0.5, 0.6) is 5.75 Å². The number of amides is 2. The molecule has 0 radical (unpaired) electrons. The van der Waals surface area contributed by atoms with Crippen molar-refractivity contribution >= 4 is 29.3 Å². The maximum Gasteiger partial charge on any atom is 0.280 e. The Labute approximate surface area is 176 Å². The molecule has 0 bridgehead atoms. The molecule has 2 aromatic rings. The summed E-state index contributed by atoms with van der Waals surface area (Å²) in [6.07, 6.45) is 5.15. The van der Waals surface area contributed by atoms with Gasteiger partial charge in [0, 0.05) is 13.1 Å². The number of carbonyl (C=O) groups excluding carboxylic acids is 2. The number of benzene rings is 2. The minimum atomic E-state index is -0.147. The number of likely N-dealkylation sites (tertiary alicyclic amines) is 1. The van der Waals surface area contributed by atoms with Gasteiger partial charge in [0.25, 0.3) is 11.8 Å². The summed E-state index contributed by atoms with van der Waals surface area (Å²) in [5.41, 5.74) is 2.86. The van der Waals surface area contributed by atoms with Crippen molar-refractivity contribution in [1.29, 1.82) is 0 Å². The Morgan fingerprint density at radius 3 is 2.43 bits per heavy atom. The summed E-state index contributed by atoms with van der Waals surface area (Å²) in [5.74, 6) is 0.521. The maximum atomic E-state index is 12.8. The molecule has 6 nitrogen and oxygen atoms in total. The van der Waals surface area contributed by atoms with E-state index in [1.165, 1.54) is 11.4 Å². The lowest BCUT2D eigenvalue weighted by atomic mass is 10.1. The van der Waals surface area contributed by atoms with Gasteiger partial charge in [-0.1, -0.05) is 30.3 Å². The van der Waals surface area contributed by atoms with E-state index in [2.05, 4.69) is 5.10 Å². The molecule has 6 heteroatoms. The molecule has 2 amide bonds. The molecule has 2 aliphatic heterocycles. The monoisotopic (exact) mass is 403 g/mol. The summed E-state index contributed by atoms with van der Waals surface area (Å²) >= 11 is 0. The van der Waals surface area contributed by atoms with Crippen molar-refractivity contribution in [2.45, 2.75) is 26.2 Å². The first-order chi connectivity index (χ1) is 14.6. The van der Waals surface area contributed by atoms with Crippen molar-refractivity contribution in [2.24, 2.45) is 5.10 Å². The van der Waals surface area contributed by atoms with E-state index in [-0.39, 0.29) is 18.4 Å². The number of carbonyl (C=O) groups is 2. The van der Waals surface area contributed by atoms with E-state index in [1.54, 1.807) is 0 Å². The van der Waals surface area contributed by atoms with Gasteiger partial charge in [-0.3, -0.25) is 9.59 Å². The average molecular weight is 403 g/mol. The van der Waals surface area contributed by atoms with Gasteiger partial charge in [-0.05, 0) is 62.1 Å². The summed E-state index contributed by atoms with van der Waals surface area (Å²) in [4.78, 5) is 26.9. The fourth-order valence-corrected chi connectivity index (χ4v) is 3.64. The predicted octanol–water partition coefficient (Wildman–Crippen LogP) is 3.88. The van der Waals surface area contributed by atoms with Crippen LogP contribution in [-0.4, -0.2) is 42.1 Å². The molecule has 1 fully saturated rings. The fourth-order valence-electron chi connectivity index (χ4n) is 3.64. The van der Waals surface area contributed by atoms with Gasteiger partial charge in [0.05, 0.1) is 17.0 Å². The Balaban J connectivity index is 1.39. The molecular formula is C24H25N3O3. The summed E-state index contributed by atoms with van der Waals surface area (Å²) in [6.45, 7) is 3.53. The molecular weight excluding hydrogens is 378 g/mol. The van der Waals surface area contributed by atoms with Crippen LogP contribution >= 0.6 is 0 Å². The molecule has 0 N–H and O–H groups in total. The lowest BCUT2D eigenvalue weighted by molar-refractivity contribution is -0.134. The predicted molar refractivity (Wildman–Crippen MR) is 117 cm³/mol. The van der Waals surface area contributed by atoms with Crippen molar-refractivity contribution in [3.63, 3.8) is 0 Å². The number of piperidine rings is 1. The molecule has 0 aromatic heterocycles. The van der Waals surface area contributed by atoms with Crippen LogP contribution in [0, 0.1) is 0 Å². The molecule has 30 heavy (non-hydrogen) atoms. The zero-order chi connectivity index (χ0) is 20.9. The Bertz CT molecular complexity index is 975. The Morgan fingerprint density at radius 2 is 1.73 bits per heavy atom. The lowest BCUT2D eigenvalue weighted by Gasteiger charge is -2.26. The highest BCUT2D eigenvalue weighted by Gasteiger charge is 2.28. The van der Waals surface area contributed by atoms with Gasteiger partial charge >= 0.3 is 0 Å². The molecule has 4 rings (SSSR count). The van der Waals surface area contributed by atoms with Crippen molar-refractivity contribution in [1.82, 2.24) is 4.90 Å². The summed E-state index contributed by atoms with van der Waals surface area (Å²) in [7, 11) is 0. The van der Waals surface area contributed by atoms with Gasteiger partial charge in [-0.25, -0.2) is 0 Å². The quantitative estimate of drug-likeness (QED) is 0.712. The fraction of sp³-hybridized carbons (Fsp3) is 0.292. The highest BCUT2D eigenvalue weighted by atomic mass is 16.5. The molecule has 2 heterocycles. The number of hydrogen-bond donors (Lipinski definition) is 0. The Morgan fingerprint density at radius 1 is 1.03 bits per heavy atom. The first-order valence-corrected chi connectivity index (χ1v) is 10.3. The third kappa shape index (κ3) is 4.43. The first kappa shape index (κ1) is 19.9. The molecule has 2 aromatic carbocycles. The number of para-hydroxylation sites is 1. The molecule has 0 aliphatic carbocycles. The third-order valence-corrected chi connectivity index (χ3v) is 5.33. The second kappa shape index (κ2) is 8.95. The van der Waals surface area contributed by atoms with Gasteiger partial charge < -0.3 is 9.64 Å². The highest BCUT2D eigenvalue weighted by molar-refractivity contribution is 6.32. The standard InChI is InChI=1S/C24H25N3O3/c1-18-22(24(29)27(25-18)20-8-4-2-5-9-20)16-19-10-12-21(13-11-19)30-17-23(28)26-14-6-3-7-15-26/h2,4-5,8-13,16H,3,6-7,14-15,17H2,1H3/b22-16+. The van der Waals surface area contributed by atoms with Crippen LogP contribution in [0.3, 0.4) is 0 Å². The number of nitrogens with zero attached hydrogens (tertiary/aromatic N) is 3. The van der Waals surface area contributed by atoms with E-state index >= 15 is 0 Å². The lowest BCUT2D eigenvalue weighted by Crippen LogP contribution is -2.38. The number of ether oxygens (including phenoxy) is 1. The summed E-state index contributed by atoms with van der Waals surface area (Å²) in [5, 5.41) is 5.81. The number of anilines is 1. The van der Waals surface area contributed by atoms with E-state index in [4.69, 9.17) is 4.74 Å². The van der Waals surface area contributed by atoms with Crippen LogP contribution in [-0.2, 0) is 9.59 Å². The average Bonchev–Trinajstić information content (AvgIpc) is 3.08. The van der Waals surface area contributed by atoms with E-state index in [0.29, 0.717) is 17.0 Å². The molecule has 0 spiro atoms. The van der Waals surface area contributed by atoms with Gasteiger partial charge in [-0.15, -0.1) is 0 Å². The molecule has 154 valence electrons. The zero-order valence-corrected chi connectivity index (χ0v) is 17.1. The van der Waals surface area contributed by atoms with E-state index in [1.807, 2.05) is 72.5 Å². The van der Waals surface area contributed by atoms with Gasteiger partial charge in [-0.2, -0.15) is 10.1 Å². The van der Waals surface area contributed by atoms with Crippen molar-refractivity contribution in [2.75, 3.05) is 24.7 Å². The van der Waals surface area contributed by atoms with E-state index < -0.39 is 0 Å². The normalized spacial score (nSPS) is 18.0. The van der Waals surface area contributed by atoms with Crippen LogP contribution in [0.4, 0.5) is 5.69 Å². The largest absolute Gasteiger partial charge is 0.484 e. The maximum absolute atomic E-state index is 12.8. The Hall–Kier alpha value is -3.41. The summed E-state index contributed by atoms with van der Waals surface area (Å²) in [6, 6.07) is 16.8. The van der Waals surface area contributed by atoms with Crippen molar-refractivity contribution in [3.8, 4) is 5.75 Å². The van der Waals surface area contributed by atoms with Crippen LogP contribution in [0.2, 0.25) is 0 Å². The minimum Gasteiger partial charge on any atom is -0.484 e. The number of hydrogen-bond acceptors (Lipinski definition) is 4. The Kier molecular flexibility index (Phi) is 5.93. The second-order valence-electron chi connectivity index (χ2n) is 7.50. The number of rotatable bonds is 5. The molecule has 1 saturated heterocycles. The molecule has 2 aliphatic rings. The van der Waals surface area contributed by atoms with Crippen LogP contribution < -0.4 is 9.75 Å². The van der Waals surface area contributed by atoms with Crippen LogP contribution in [0.25, 0.3) is 6.08 Å². The second-order valence-corrected chi connectivity index (χ2v) is 7.50. The van der Waals surface area contributed by atoms with Crippen LogP contribution in [0.1, 0.15) is 31.7 Å². The summed E-state index contributed by atoms with van der Waals surface area (Å²) < 4.78 is 5.65. The van der Waals surface area contributed by atoms with Crippen LogP contribution in [0.15, 0.2) is 65.3 Å². The van der Waals surface area contributed by atoms with Crippen molar-refractivity contribution < 1.29 is 14.3 Å². The topological polar surface area (TPSA) is 62.2 Å². The van der Waals surface area contributed by atoms with E-state index in [9.17, 15) is 9.59 Å². The smallest absolute Gasteiger partial charge is 0.280 e. The molecule has 0 unspecified atom stereocenters. The van der Waals surface area contributed by atoms with E-state index in [0.717, 1.165) is 37.2 Å². The minimum absolute atomic E-state index is 0.0327. The molecule has 0 atom stereocenters. The van der Waals surface area contributed by atoms with Gasteiger partial charge in [0.15, 0.2) is 6.61 Å². The highest BCUT2D eigenvalue weighted by Crippen LogP contribution is 2.25. The van der Waals surface area contributed by atoms with Gasteiger partial charge in [0.2, 0.25) is 0 Å².